The van der Waals surface area contributed by atoms with Gasteiger partial charge in [-0.2, -0.15) is 0 Å². The summed E-state index contributed by atoms with van der Waals surface area (Å²) in [6.07, 6.45) is 0. The van der Waals surface area contributed by atoms with Gasteiger partial charge in [-0.3, -0.25) is 4.79 Å². The second kappa shape index (κ2) is 8.06. The summed E-state index contributed by atoms with van der Waals surface area (Å²) in [7, 11) is 0. The first-order valence-corrected chi connectivity index (χ1v) is 8.98. The Morgan fingerprint density at radius 2 is 1.76 bits per heavy atom. The number of nitrogens with zero attached hydrogens (tertiary/aromatic N) is 2. The highest BCUT2D eigenvalue weighted by Gasteiger charge is 2.27. The van der Waals surface area contributed by atoms with Gasteiger partial charge in [-0.05, 0) is 36.8 Å². The average molecular weight is 338 g/mol. The van der Waals surface area contributed by atoms with Gasteiger partial charge >= 0.3 is 0 Å². The van der Waals surface area contributed by atoms with Crippen molar-refractivity contribution < 1.29 is 9.53 Å². The Kier molecular flexibility index (Phi) is 5.59. The van der Waals surface area contributed by atoms with E-state index in [0.717, 1.165) is 31.1 Å². The Morgan fingerprint density at radius 3 is 2.44 bits per heavy atom. The molecule has 132 valence electrons. The van der Waals surface area contributed by atoms with Gasteiger partial charge < -0.3 is 14.5 Å². The SMILES string of the molecule is CCOc1ccc(N2CCN(Cc3ccccc3)C(=O)C(C)C2)cc1. The number of benzene rings is 2. The Morgan fingerprint density at radius 1 is 1.04 bits per heavy atom. The molecule has 1 atom stereocenters. The van der Waals surface area contributed by atoms with E-state index in [2.05, 4.69) is 29.2 Å². The third kappa shape index (κ3) is 4.32. The van der Waals surface area contributed by atoms with Crippen LogP contribution in [0.4, 0.5) is 5.69 Å². The number of hydrogen-bond acceptors (Lipinski definition) is 3. The average Bonchev–Trinajstić information content (AvgIpc) is 2.77. The van der Waals surface area contributed by atoms with Crippen LogP contribution in [-0.2, 0) is 11.3 Å². The number of hydrogen-bond donors (Lipinski definition) is 0. The third-order valence-electron chi connectivity index (χ3n) is 4.60. The number of ether oxygens (including phenoxy) is 1. The van der Waals surface area contributed by atoms with Crippen molar-refractivity contribution >= 4 is 11.6 Å². The van der Waals surface area contributed by atoms with Crippen molar-refractivity contribution in [2.45, 2.75) is 20.4 Å². The van der Waals surface area contributed by atoms with Crippen LogP contribution in [0.25, 0.3) is 0 Å². The first-order valence-electron chi connectivity index (χ1n) is 8.98. The molecule has 0 spiro atoms. The quantitative estimate of drug-likeness (QED) is 0.835. The summed E-state index contributed by atoms with van der Waals surface area (Å²) in [6, 6.07) is 18.4. The maximum absolute atomic E-state index is 12.7. The molecule has 2 aromatic carbocycles. The molecular formula is C21H26N2O2. The standard InChI is InChI=1S/C21H26N2O2/c1-3-25-20-11-9-19(10-12-20)22-13-14-23(21(24)17(2)15-22)16-18-7-5-4-6-8-18/h4-12,17H,3,13-16H2,1-2H3. The lowest BCUT2D eigenvalue weighted by Gasteiger charge is -2.24. The fourth-order valence-electron chi connectivity index (χ4n) is 3.28. The van der Waals surface area contributed by atoms with E-state index in [4.69, 9.17) is 4.74 Å². The van der Waals surface area contributed by atoms with Gasteiger partial charge in [-0.25, -0.2) is 0 Å². The van der Waals surface area contributed by atoms with Crippen LogP contribution in [0.5, 0.6) is 5.75 Å². The molecule has 0 saturated carbocycles. The summed E-state index contributed by atoms with van der Waals surface area (Å²) in [5.41, 5.74) is 2.32. The van der Waals surface area contributed by atoms with Gasteiger partial charge in [0.2, 0.25) is 5.91 Å². The van der Waals surface area contributed by atoms with Crippen LogP contribution in [0.3, 0.4) is 0 Å². The predicted octanol–water partition coefficient (Wildman–Crippen LogP) is 3.57. The Hall–Kier alpha value is -2.49. The van der Waals surface area contributed by atoms with Gasteiger partial charge in [0, 0.05) is 31.9 Å². The molecule has 3 rings (SSSR count). The molecule has 0 bridgehead atoms. The van der Waals surface area contributed by atoms with Crippen molar-refractivity contribution in [2.24, 2.45) is 5.92 Å². The van der Waals surface area contributed by atoms with Crippen LogP contribution in [0, 0.1) is 5.92 Å². The largest absolute Gasteiger partial charge is 0.494 e. The number of rotatable bonds is 5. The van der Waals surface area contributed by atoms with Gasteiger partial charge in [-0.1, -0.05) is 37.3 Å². The van der Waals surface area contributed by atoms with E-state index in [-0.39, 0.29) is 11.8 Å². The van der Waals surface area contributed by atoms with Crippen molar-refractivity contribution in [3.63, 3.8) is 0 Å². The van der Waals surface area contributed by atoms with Crippen LogP contribution in [0.15, 0.2) is 54.6 Å². The van der Waals surface area contributed by atoms with E-state index >= 15 is 0 Å². The van der Waals surface area contributed by atoms with Gasteiger partial charge in [0.15, 0.2) is 0 Å². The second-order valence-electron chi connectivity index (χ2n) is 6.52. The van der Waals surface area contributed by atoms with Crippen LogP contribution in [-0.4, -0.2) is 37.0 Å². The molecule has 0 N–H and O–H groups in total. The van der Waals surface area contributed by atoms with Crippen molar-refractivity contribution in [3.8, 4) is 5.75 Å². The smallest absolute Gasteiger partial charge is 0.227 e. The zero-order valence-corrected chi connectivity index (χ0v) is 15.0. The van der Waals surface area contributed by atoms with Crippen molar-refractivity contribution in [3.05, 3.63) is 60.2 Å². The number of carbonyl (C=O) groups is 1. The molecule has 0 aliphatic carbocycles. The summed E-state index contributed by atoms with van der Waals surface area (Å²) < 4.78 is 5.51. The zero-order chi connectivity index (χ0) is 17.6. The van der Waals surface area contributed by atoms with E-state index in [9.17, 15) is 4.79 Å². The minimum atomic E-state index is -0.0159. The van der Waals surface area contributed by atoms with Crippen LogP contribution in [0.1, 0.15) is 19.4 Å². The first-order chi connectivity index (χ1) is 12.2. The van der Waals surface area contributed by atoms with Crippen LogP contribution >= 0.6 is 0 Å². The number of amides is 1. The Bertz CT molecular complexity index is 685. The fourth-order valence-corrected chi connectivity index (χ4v) is 3.28. The summed E-state index contributed by atoms with van der Waals surface area (Å²) in [5.74, 6) is 1.10. The minimum absolute atomic E-state index is 0.0159. The van der Waals surface area contributed by atoms with E-state index < -0.39 is 0 Å². The molecule has 1 heterocycles. The highest BCUT2D eigenvalue weighted by Crippen LogP contribution is 2.23. The van der Waals surface area contributed by atoms with Crippen molar-refractivity contribution in [2.75, 3.05) is 31.1 Å². The highest BCUT2D eigenvalue weighted by atomic mass is 16.5. The van der Waals surface area contributed by atoms with Gasteiger partial charge in [0.25, 0.3) is 0 Å². The normalized spacial score (nSPS) is 18.2. The summed E-state index contributed by atoms with van der Waals surface area (Å²) in [4.78, 5) is 17.0. The molecule has 1 saturated heterocycles. The number of carbonyl (C=O) groups excluding carboxylic acids is 1. The maximum atomic E-state index is 12.7. The minimum Gasteiger partial charge on any atom is -0.494 e. The molecule has 1 fully saturated rings. The lowest BCUT2D eigenvalue weighted by atomic mass is 10.1. The van der Waals surface area contributed by atoms with E-state index in [1.54, 1.807) is 0 Å². The molecule has 0 aromatic heterocycles. The molecule has 1 aliphatic heterocycles. The molecule has 25 heavy (non-hydrogen) atoms. The lowest BCUT2D eigenvalue weighted by Crippen LogP contribution is -2.34. The molecule has 0 radical (unpaired) electrons. The van der Waals surface area contributed by atoms with Crippen molar-refractivity contribution in [1.29, 1.82) is 0 Å². The molecule has 4 nitrogen and oxygen atoms in total. The summed E-state index contributed by atoms with van der Waals surface area (Å²) in [5, 5.41) is 0. The number of anilines is 1. The zero-order valence-electron chi connectivity index (χ0n) is 15.0. The lowest BCUT2D eigenvalue weighted by molar-refractivity contribution is -0.134. The van der Waals surface area contributed by atoms with Crippen molar-refractivity contribution in [1.82, 2.24) is 4.90 Å². The topological polar surface area (TPSA) is 32.8 Å². The molecule has 1 unspecified atom stereocenters. The van der Waals surface area contributed by atoms with Crippen LogP contribution < -0.4 is 9.64 Å². The molecule has 2 aromatic rings. The summed E-state index contributed by atoms with van der Waals surface area (Å²) >= 11 is 0. The highest BCUT2D eigenvalue weighted by molar-refractivity contribution is 5.80. The fraction of sp³-hybridized carbons (Fsp3) is 0.381. The monoisotopic (exact) mass is 338 g/mol. The maximum Gasteiger partial charge on any atom is 0.227 e. The Labute approximate surface area is 150 Å². The predicted molar refractivity (Wildman–Crippen MR) is 101 cm³/mol. The van der Waals surface area contributed by atoms with Gasteiger partial charge in [-0.15, -0.1) is 0 Å². The summed E-state index contributed by atoms with van der Waals surface area (Å²) in [6.45, 7) is 7.69. The first kappa shape index (κ1) is 17.3. The van der Waals surface area contributed by atoms with Gasteiger partial charge in [0.1, 0.15) is 5.75 Å². The van der Waals surface area contributed by atoms with Gasteiger partial charge in [0.05, 0.1) is 12.5 Å². The molecule has 1 aliphatic rings. The second-order valence-corrected chi connectivity index (χ2v) is 6.52. The molecule has 4 heteroatoms. The van der Waals surface area contributed by atoms with E-state index in [1.807, 2.05) is 49.1 Å². The van der Waals surface area contributed by atoms with E-state index in [0.29, 0.717) is 13.2 Å². The molecular weight excluding hydrogens is 312 g/mol. The Balaban J connectivity index is 1.70. The van der Waals surface area contributed by atoms with E-state index in [1.165, 1.54) is 5.56 Å². The third-order valence-corrected chi connectivity index (χ3v) is 4.60. The molecule has 1 amide bonds. The van der Waals surface area contributed by atoms with Crippen LogP contribution in [0.2, 0.25) is 0 Å².